The molecule has 15 heavy (non-hydrogen) atoms. The van der Waals surface area contributed by atoms with Gasteiger partial charge in [-0.05, 0) is 24.6 Å². The predicted molar refractivity (Wildman–Crippen MR) is 58.6 cm³/mol. The number of aliphatic hydroxyl groups excluding tert-OH is 1. The summed E-state index contributed by atoms with van der Waals surface area (Å²) in [6, 6.07) is 5.55. The molecule has 4 nitrogen and oxygen atoms in total. The zero-order valence-corrected chi connectivity index (χ0v) is 8.60. The highest BCUT2D eigenvalue weighted by Crippen LogP contribution is 2.28. The Morgan fingerprint density at radius 1 is 1.53 bits per heavy atom. The van der Waals surface area contributed by atoms with Crippen molar-refractivity contribution in [1.29, 1.82) is 0 Å². The molecular weight excluding hydrogens is 192 g/mol. The minimum atomic E-state index is -0.572. The van der Waals surface area contributed by atoms with Crippen LogP contribution in [0.1, 0.15) is 12.0 Å². The molecule has 2 rings (SSSR count). The summed E-state index contributed by atoms with van der Waals surface area (Å²) in [5.41, 5.74) is 8.13. The summed E-state index contributed by atoms with van der Waals surface area (Å²) in [7, 11) is 0. The molecule has 0 saturated carbocycles. The van der Waals surface area contributed by atoms with Crippen LogP contribution in [0.3, 0.4) is 0 Å². The average Bonchev–Trinajstić information content (AvgIpc) is 2.50. The van der Waals surface area contributed by atoms with Crippen molar-refractivity contribution in [3.63, 3.8) is 0 Å². The van der Waals surface area contributed by atoms with Crippen LogP contribution in [-0.4, -0.2) is 23.7 Å². The monoisotopic (exact) mass is 206 g/mol. The molecule has 0 spiro atoms. The maximum atomic E-state index is 11.6. The van der Waals surface area contributed by atoms with E-state index in [0.717, 1.165) is 5.56 Å². The molecule has 1 aliphatic heterocycles. The van der Waals surface area contributed by atoms with Crippen LogP contribution < -0.4 is 10.6 Å². The smallest absolute Gasteiger partial charge is 0.229 e. The van der Waals surface area contributed by atoms with Gasteiger partial charge >= 0.3 is 0 Å². The summed E-state index contributed by atoms with van der Waals surface area (Å²) in [6.07, 6.45) is -0.384. The van der Waals surface area contributed by atoms with Gasteiger partial charge in [0.2, 0.25) is 5.91 Å². The number of hydrogen-bond donors (Lipinski definition) is 2. The number of aliphatic hydroxyl groups is 1. The van der Waals surface area contributed by atoms with Gasteiger partial charge in [0.1, 0.15) is 0 Å². The number of carbonyl (C=O) groups excluding carboxylic acids is 1. The van der Waals surface area contributed by atoms with Gasteiger partial charge in [-0.3, -0.25) is 4.79 Å². The van der Waals surface area contributed by atoms with Crippen LogP contribution in [0.25, 0.3) is 0 Å². The molecule has 1 amide bonds. The number of anilines is 2. The Hall–Kier alpha value is -1.55. The van der Waals surface area contributed by atoms with Gasteiger partial charge in [-0.1, -0.05) is 6.07 Å². The molecule has 1 aromatic rings. The molecule has 1 aromatic carbocycles. The lowest BCUT2D eigenvalue weighted by Gasteiger charge is -2.18. The van der Waals surface area contributed by atoms with E-state index in [2.05, 4.69) is 0 Å². The fourth-order valence-electron chi connectivity index (χ4n) is 1.81. The third kappa shape index (κ3) is 1.80. The fourth-order valence-corrected chi connectivity index (χ4v) is 1.81. The highest BCUT2D eigenvalue weighted by molar-refractivity contribution is 5.98. The first kappa shape index (κ1) is 9.98. The van der Waals surface area contributed by atoms with Crippen LogP contribution in [0.2, 0.25) is 0 Å². The number of rotatable bonds is 1. The van der Waals surface area contributed by atoms with Gasteiger partial charge in [-0.2, -0.15) is 0 Å². The van der Waals surface area contributed by atoms with Crippen molar-refractivity contribution >= 4 is 17.3 Å². The normalized spacial score (nSPS) is 21.1. The van der Waals surface area contributed by atoms with Gasteiger partial charge in [0.05, 0.1) is 30.4 Å². The van der Waals surface area contributed by atoms with Crippen molar-refractivity contribution in [2.24, 2.45) is 0 Å². The fraction of sp³-hybridized carbons (Fsp3) is 0.364. The molecule has 3 N–H and O–H groups in total. The van der Waals surface area contributed by atoms with Crippen molar-refractivity contribution in [1.82, 2.24) is 0 Å². The van der Waals surface area contributed by atoms with Crippen molar-refractivity contribution < 1.29 is 9.90 Å². The molecule has 0 bridgehead atoms. The number of nitrogen functional groups attached to an aromatic ring is 1. The van der Waals surface area contributed by atoms with Gasteiger partial charge < -0.3 is 15.7 Å². The molecular formula is C11H14N2O2. The summed E-state index contributed by atoms with van der Waals surface area (Å²) in [5.74, 6) is -0.0696. The highest BCUT2D eigenvalue weighted by atomic mass is 16.3. The molecule has 1 heterocycles. The number of benzene rings is 1. The van der Waals surface area contributed by atoms with Crippen LogP contribution >= 0.6 is 0 Å². The first-order chi connectivity index (χ1) is 7.08. The molecule has 0 aromatic heterocycles. The Kier molecular flexibility index (Phi) is 2.36. The van der Waals surface area contributed by atoms with Crippen molar-refractivity contribution in [2.45, 2.75) is 19.4 Å². The SMILES string of the molecule is Cc1ccc(N)c(N2CC(O)CC2=O)c1. The predicted octanol–water partition coefficient (Wildman–Crippen LogP) is 0.675. The van der Waals surface area contributed by atoms with E-state index in [9.17, 15) is 9.90 Å². The Balaban J connectivity index is 2.37. The second kappa shape index (κ2) is 3.55. The van der Waals surface area contributed by atoms with Gasteiger partial charge in [0, 0.05) is 0 Å². The summed E-state index contributed by atoms with van der Waals surface area (Å²) >= 11 is 0. The van der Waals surface area contributed by atoms with Gasteiger partial charge in [0.25, 0.3) is 0 Å². The number of β-amino-alcohol motifs (C(OH)–C–C–N with tert-alkyl or cyclic N) is 1. The van der Waals surface area contributed by atoms with Gasteiger partial charge in [-0.25, -0.2) is 0 Å². The Morgan fingerprint density at radius 2 is 2.27 bits per heavy atom. The lowest BCUT2D eigenvalue weighted by Crippen LogP contribution is -2.26. The Morgan fingerprint density at radius 3 is 2.87 bits per heavy atom. The number of aryl methyl sites for hydroxylation is 1. The minimum absolute atomic E-state index is 0.0696. The standard InChI is InChI=1S/C11H14N2O2/c1-7-2-3-9(12)10(4-7)13-6-8(14)5-11(13)15/h2-4,8,14H,5-6,12H2,1H3. The van der Waals surface area contributed by atoms with Crippen molar-refractivity contribution in [3.8, 4) is 0 Å². The number of nitrogens with zero attached hydrogens (tertiary/aromatic N) is 1. The molecule has 1 fully saturated rings. The van der Waals surface area contributed by atoms with E-state index < -0.39 is 6.10 Å². The minimum Gasteiger partial charge on any atom is -0.397 e. The molecule has 80 valence electrons. The molecule has 4 heteroatoms. The third-order valence-electron chi connectivity index (χ3n) is 2.58. The van der Waals surface area contributed by atoms with Crippen LogP contribution in [0.4, 0.5) is 11.4 Å². The first-order valence-electron chi connectivity index (χ1n) is 4.92. The maximum absolute atomic E-state index is 11.6. The molecule has 1 aliphatic rings. The number of nitrogens with two attached hydrogens (primary N) is 1. The summed E-state index contributed by atoms with van der Waals surface area (Å²) in [4.78, 5) is 13.1. The van der Waals surface area contributed by atoms with E-state index in [0.29, 0.717) is 17.9 Å². The Bertz CT molecular complexity index is 404. The summed E-state index contributed by atoms with van der Waals surface area (Å²) in [5, 5.41) is 9.39. The molecule has 1 atom stereocenters. The van der Waals surface area contributed by atoms with Crippen molar-refractivity contribution in [2.75, 3.05) is 17.2 Å². The second-order valence-electron chi connectivity index (χ2n) is 3.92. The van der Waals surface area contributed by atoms with E-state index in [-0.39, 0.29) is 12.3 Å². The maximum Gasteiger partial charge on any atom is 0.229 e. The van der Waals surface area contributed by atoms with E-state index in [4.69, 9.17) is 5.73 Å². The molecule has 0 radical (unpaired) electrons. The lowest BCUT2D eigenvalue weighted by atomic mass is 10.2. The zero-order chi connectivity index (χ0) is 11.0. The third-order valence-corrected chi connectivity index (χ3v) is 2.58. The molecule has 1 unspecified atom stereocenters. The van der Waals surface area contributed by atoms with E-state index in [1.165, 1.54) is 0 Å². The summed E-state index contributed by atoms with van der Waals surface area (Å²) < 4.78 is 0. The quantitative estimate of drug-likeness (QED) is 0.664. The largest absolute Gasteiger partial charge is 0.397 e. The van der Waals surface area contributed by atoms with E-state index >= 15 is 0 Å². The van der Waals surface area contributed by atoms with Crippen LogP contribution in [0, 0.1) is 6.92 Å². The van der Waals surface area contributed by atoms with Gasteiger partial charge in [-0.15, -0.1) is 0 Å². The van der Waals surface area contributed by atoms with E-state index in [1.807, 2.05) is 19.1 Å². The lowest BCUT2D eigenvalue weighted by molar-refractivity contribution is -0.117. The molecule has 1 saturated heterocycles. The van der Waals surface area contributed by atoms with E-state index in [1.54, 1.807) is 11.0 Å². The second-order valence-corrected chi connectivity index (χ2v) is 3.92. The number of carbonyl (C=O) groups is 1. The number of amides is 1. The topological polar surface area (TPSA) is 66.6 Å². The Labute approximate surface area is 88.3 Å². The van der Waals surface area contributed by atoms with Gasteiger partial charge in [0.15, 0.2) is 0 Å². The van der Waals surface area contributed by atoms with Crippen LogP contribution in [0.15, 0.2) is 18.2 Å². The summed E-state index contributed by atoms with van der Waals surface area (Å²) in [6.45, 7) is 2.28. The first-order valence-corrected chi connectivity index (χ1v) is 4.92. The van der Waals surface area contributed by atoms with Crippen LogP contribution in [-0.2, 0) is 4.79 Å². The average molecular weight is 206 g/mol. The van der Waals surface area contributed by atoms with Crippen LogP contribution in [0.5, 0.6) is 0 Å². The van der Waals surface area contributed by atoms with Crippen molar-refractivity contribution in [3.05, 3.63) is 23.8 Å². The highest BCUT2D eigenvalue weighted by Gasteiger charge is 2.30. The number of hydrogen-bond acceptors (Lipinski definition) is 3. The zero-order valence-electron chi connectivity index (χ0n) is 8.60. The molecule has 0 aliphatic carbocycles.